The minimum atomic E-state index is 0.371. The van der Waals surface area contributed by atoms with Crippen LogP contribution >= 0.6 is 11.3 Å². The zero-order chi connectivity index (χ0) is 13.8. The van der Waals surface area contributed by atoms with Crippen molar-refractivity contribution in [2.75, 3.05) is 0 Å². The molecule has 2 rings (SSSR count). The van der Waals surface area contributed by atoms with Crippen LogP contribution in [0.3, 0.4) is 0 Å². The monoisotopic (exact) mass is 273 g/mol. The lowest BCUT2D eigenvalue weighted by Crippen LogP contribution is -2.28. The molecule has 1 nitrogen and oxygen atoms in total. The van der Waals surface area contributed by atoms with E-state index in [0.717, 1.165) is 0 Å². The van der Waals surface area contributed by atoms with Gasteiger partial charge in [-0.25, -0.2) is 0 Å². The summed E-state index contributed by atoms with van der Waals surface area (Å²) < 4.78 is 0. The molecule has 1 unspecified atom stereocenters. The van der Waals surface area contributed by atoms with E-state index >= 15 is 0 Å². The van der Waals surface area contributed by atoms with Crippen LogP contribution < -0.4 is 5.32 Å². The van der Waals surface area contributed by atoms with Crippen LogP contribution in [0.25, 0.3) is 0 Å². The number of hydrogen-bond donors (Lipinski definition) is 1. The van der Waals surface area contributed by atoms with Gasteiger partial charge in [-0.3, -0.25) is 0 Å². The third-order valence-electron chi connectivity index (χ3n) is 3.60. The summed E-state index contributed by atoms with van der Waals surface area (Å²) in [5.74, 6) is 0.588. The molecule has 1 heterocycles. The first-order chi connectivity index (χ1) is 9.09. The Kier molecular flexibility index (Phi) is 4.78. The van der Waals surface area contributed by atoms with Gasteiger partial charge in [0.25, 0.3) is 0 Å². The average Bonchev–Trinajstić information content (AvgIpc) is 2.89. The van der Waals surface area contributed by atoms with Gasteiger partial charge in [0, 0.05) is 17.0 Å². The van der Waals surface area contributed by atoms with Crippen LogP contribution in [-0.4, -0.2) is 0 Å². The number of benzene rings is 1. The first-order valence-electron chi connectivity index (χ1n) is 6.94. The third-order valence-corrected chi connectivity index (χ3v) is 4.56. The molecule has 0 aliphatic rings. The van der Waals surface area contributed by atoms with Crippen LogP contribution in [0, 0.1) is 12.8 Å². The number of thiophene rings is 1. The molecule has 0 aliphatic heterocycles. The Morgan fingerprint density at radius 1 is 1.00 bits per heavy atom. The maximum atomic E-state index is 3.79. The lowest BCUT2D eigenvalue weighted by atomic mass is 9.98. The lowest BCUT2D eigenvalue weighted by Gasteiger charge is -2.26. The molecule has 1 aromatic heterocycles. The maximum absolute atomic E-state index is 3.79. The quantitative estimate of drug-likeness (QED) is 0.798. The first-order valence-corrected chi connectivity index (χ1v) is 7.82. The summed E-state index contributed by atoms with van der Waals surface area (Å²) in [5, 5.41) is 5.94. The fourth-order valence-electron chi connectivity index (χ4n) is 2.50. The fourth-order valence-corrected chi connectivity index (χ4v) is 3.46. The summed E-state index contributed by atoms with van der Waals surface area (Å²) in [4.78, 5) is 1.43. The highest BCUT2D eigenvalue weighted by atomic mass is 32.1. The molecule has 1 aromatic carbocycles. The van der Waals surface area contributed by atoms with Crippen molar-refractivity contribution >= 4 is 11.3 Å². The molecule has 19 heavy (non-hydrogen) atoms. The van der Waals surface area contributed by atoms with E-state index in [-0.39, 0.29) is 0 Å². The Morgan fingerprint density at radius 2 is 1.74 bits per heavy atom. The highest BCUT2D eigenvalue weighted by molar-refractivity contribution is 7.10. The van der Waals surface area contributed by atoms with Crippen LogP contribution in [0.4, 0.5) is 0 Å². The highest BCUT2D eigenvalue weighted by Gasteiger charge is 2.20. The Labute approximate surface area is 120 Å². The lowest BCUT2D eigenvalue weighted by molar-refractivity contribution is 0.379. The zero-order valence-corrected chi connectivity index (χ0v) is 13.0. The van der Waals surface area contributed by atoms with Crippen LogP contribution in [0.2, 0.25) is 0 Å². The van der Waals surface area contributed by atoms with Crippen molar-refractivity contribution < 1.29 is 0 Å². The molecule has 0 fully saturated rings. The summed E-state index contributed by atoms with van der Waals surface area (Å²) in [5.41, 5.74) is 2.75. The second-order valence-electron chi connectivity index (χ2n) is 5.48. The van der Waals surface area contributed by atoms with Gasteiger partial charge < -0.3 is 5.32 Å². The minimum Gasteiger partial charge on any atom is -0.302 e. The first kappa shape index (κ1) is 14.3. The predicted octanol–water partition coefficient (Wildman–Crippen LogP) is 5.10. The standard InChI is InChI=1S/C17H23NS/c1-12(2)17(16-10-7-11-19-16)18-14(4)15-9-6-5-8-13(15)3/h5-12,14,17-18H,1-4H3/t14-,17?/m1/s1. The third kappa shape index (κ3) is 3.46. The minimum absolute atomic E-state index is 0.371. The van der Waals surface area contributed by atoms with Crippen molar-refractivity contribution in [2.24, 2.45) is 5.92 Å². The van der Waals surface area contributed by atoms with Gasteiger partial charge in [-0.2, -0.15) is 0 Å². The molecular weight excluding hydrogens is 250 g/mol. The van der Waals surface area contributed by atoms with Crippen molar-refractivity contribution in [2.45, 2.75) is 39.8 Å². The molecule has 0 bridgehead atoms. The maximum Gasteiger partial charge on any atom is 0.0442 e. The SMILES string of the molecule is Cc1ccccc1[C@@H](C)NC(c1cccs1)C(C)C. The molecule has 1 N–H and O–H groups in total. The fraction of sp³-hybridized carbons (Fsp3) is 0.412. The molecule has 102 valence electrons. The van der Waals surface area contributed by atoms with Crippen LogP contribution in [0.15, 0.2) is 41.8 Å². The van der Waals surface area contributed by atoms with Crippen LogP contribution in [-0.2, 0) is 0 Å². The van der Waals surface area contributed by atoms with Crippen molar-refractivity contribution in [3.05, 3.63) is 57.8 Å². The van der Waals surface area contributed by atoms with Gasteiger partial charge in [0.15, 0.2) is 0 Å². The normalized spacial score (nSPS) is 14.6. The van der Waals surface area contributed by atoms with E-state index in [1.165, 1.54) is 16.0 Å². The molecule has 0 aliphatic carbocycles. The van der Waals surface area contributed by atoms with Gasteiger partial charge >= 0.3 is 0 Å². The van der Waals surface area contributed by atoms with Gasteiger partial charge in [0.1, 0.15) is 0 Å². The van der Waals surface area contributed by atoms with E-state index < -0.39 is 0 Å². The summed E-state index contributed by atoms with van der Waals surface area (Å²) in [6, 6.07) is 13.8. The highest BCUT2D eigenvalue weighted by Crippen LogP contribution is 2.29. The van der Waals surface area contributed by atoms with E-state index in [1.807, 2.05) is 11.3 Å². The van der Waals surface area contributed by atoms with Gasteiger partial charge in [-0.15, -0.1) is 11.3 Å². The summed E-state index contributed by atoms with van der Waals surface area (Å²) >= 11 is 1.84. The molecule has 2 aromatic rings. The summed E-state index contributed by atoms with van der Waals surface area (Å²) in [6.07, 6.45) is 0. The molecular formula is C17H23NS. The van der Waals surface area contributed by atoms with E-state index in [4.69, 9.17) is 0 Å². The number of nitrogens with one attached hydrogen (secondary N) is 1. The molecule has 0 amide bonds. The van der Waals surface area contributed by atoms with Crippen molar-refractivity contribution in [3.8, 4) is 0 Å². The molecule has 2 heteroatoms. The van der Waals surface area contributed by atoms with E-state index in [9.17, 15) is 0 Å². The van der Waals surface area contributed by atoms with Gasteiger partial charge in [0.2, 0.25) is 0 Å². The Balaban J connectivity index is 2.16. The average molecular weight is 273 g/mol. The summed E-state index contributed by atoms with van der Waals surface area (Å²) in [6.45, 7) is 9.00. The van der Waals surface area contributed by atoms with Crippen molar-refractivity contribution in [1.82, 2.24) is 5.32 Å². The van der Waals surface area contributed by atoms with Crippen molar-refractivity contribution in [1.29, 1.82) is 0 Å². The molecule has 2 atom stereocenters. The number of rotatable bonds is 5. The van der Waals surface area contributed by atoms with Crippen LogP contribution in [0.5, 0.6) is 0 Å². The Bertz CT molecular complexity index is 502. The van der Waals surface area contributed by atoms with Gasteiger partial charge in [-0.05, 0) is 42.3 Å². The topological polar surface area (TPSA) is 12.0 Å². The Morgan fingerprint density at radius 3 is 2.32 bits per heavy atom. The molecule has 0 saturated carbocycles. The summed E-state index contributed by atoms with van der Waals surface area (Å²) in [7, 11) is 0. The van der Waals surface area contributed by atoms with Crippen LogP contribution in [0.1, 0.15) is 48.9 Å². The van der Waals surface area contributed by atoms with Crippen molar-refractivity contribution in [3.63, 3.8) is 0 Å². The van der Waals surface area contributed by atoms with E-state index in [1.54, 1.807) is 0 Å². The molecule has 0 spiro atoms. The Hall–Kier alpha value is -1.12. The number of hydrogen-bond acceptors (Lipinski definition) is 2. The van der Waals surface area contributed by atoms with Gasteiger partial charge in [-0.1, -0.05) is 44.2 Å². The largest absolute Gasteiger partial charge is 0.302 e. The van der Waals surface area contributed by atoms with E-state index in [0.29, 0.717) is 18.0 Å². The zero-order valence-electron chi connectivity index (χ0n) is 12.2. The molecule has 0 radical (unpaired) electrons. The second-order valence-corrected chi connectivity index (χ2v) is 6.46. The number of aryl methyl sites for hydroxylation is 1. The smallest absolute Gasteiger partial charge is 0.0442 e. The predicted molar refractivity (Wildman–Crippen MR) is 84.6 cm³/mol. The van der Waals surface area contributed by atoms with Gasteiger partial charge in [0.05, 0.1) is 0 Å². The molecule has 0 saturated heterocycles. The second kappa shape index (κ2) is 6.36. The van der Waals surface area contributed by atoms with E-state index in [2.05, 4.69) is 74.8 Å².